The molecule has 0 aliphatic carbocycles. The van der Waals surface area contributed by atoms with Crippen LogP contribution in [0.2, 0.25) is 5.02 Å². The smallest absolute Gasteiger partial charge is 0.379 e. The number of anilines is 1. The van der Waals surface area contributed by atoms with Gasteiger partial charge in [-0.05, 0) is 13.0 Å². The normalized spacial score (nSPS) is 16.9. The van der Waals surface area contributed by atoms with E-state index in [-0.39, 0.29) is 22.9 Å². The van der Waals surface area contributed by atoms with E-state index >= 15 is 0 Å². The van der Waals surface area contributed by atoms with Gasteiger partial charge in [0.05, 0.1) is 61.2 Å². The van der Waals surface area contributed by atoms with Crippen LogP contribution in [0.25, 0.3) is 11.0 Å². The highest BCUT2D eigenvalue weighted by atomic mass is 35.5. The molecule has 2 amide bonds. The summed E-state index contributed by atoms with van der Waals surface area (Å²) in [4.78, 5) is 49.7. The van der Waals surface area contributed by atoms with Gasteiger partial charge in [-0.1, -0.05) is 11.6 Å². The molecule has 1 unspecified atom stereocenters. The molecule has 262 valence electrons. The van der Waals surface area contributed by atoms with Crippen LogP contribution in [-0.2, 0) is 22.2 Å². The molecule has 6 heterocycles. The van der Waals surface area contributed by atoms with E-state index in [9.17, 15) is 22.8 Å². The van der Waals surface area contributed by atoms with E-state index in [1.165, 1.54) is 17.4 Å². The molecule has 0 aromatic carbocycles. The zero-order valence-electron chi connectivity index (χ0n) is 26.5. The molecule has 0 bridgehead atoms. The van der Waals surface area contributed by atoms with Crippen molar-refractivity contribution in [3.63, 3.8) is 0 Å². The molecule has 4 aromatic rings. The number of pyridine rings is 1. The third-order valence-electron chi connectivity index (χ3n) is 8.19. The van der Waals surface area contributed by atoms with Crippen LogP contribution in [0, 0.1) is 0 Å². The second kappa shape index (κ2) is 15.4. The van der Waals surface area contributed by atoms with Crippen molar-refractivity contribution in [3.8, 4) is 0 Å². The third kappa shape index (κ3) is 8.50. The van der Waals surface area contributed by atoms with Crippen molar-refractivity contribution in [2.45, 2.75) is 25.7 Å². The van der Waals surface area contributed by atoms with Crippen LogP contribution in [0.15, 0.2) is 31.0 Å². The van der Waals surface area contributed by atoms with Gasteiger partial charge < -0.3 is 14.8 Å². The number of halogens is 4. The fraction of sp³-hybridized carbons (Fsp3) is 0.500. The summed E-state index contributed by atoms with van der Waals surface area (Å²) in [5.74, 6) is -1.25. The van der Waals surface area contributed by atoms with E-state index in [2.05, 4.69) is 40.2 Å². The van der Waals surface area contributed by atoms with E-state index < -0.39 is 34.6 Å². The number of alkyl halides is 3. The predicted octanol–water partition coefficient (Wildman–Crippen LogP) is 3.15. The number of carbonyl (C=O) groups is 2. The highest BCUT2D eigenvalue weighted by Crippen LogP contribution is 2.36. The number of hydrogen-bond donors (Lipinski definition) is 1. The fourth-order valence-electron chi connectivity index (χ4n) is 5.47. The Morgan fingerprint density at radius 3 is 2.39 bits per heavy atom. The maximum absolute atomic E-state index is 13.8. The Kier molecular flexibility index (Phi) is 11.0. The number of amides is 2. The SMILES string of the molecule is CC(NC(=O)c1ncnc2nn(CCN3CCOCC3)cc12)c1ncc(C(=O)N(CCN2CCOCC2)c2cc(C(F)(F)F)c(Cl)cn2)s1. The molecule has 1 N–H and O–H groups in total. The van der Waals surface area contributed by atoms with Gasteiger partial charge in [0.1, 0.15) is 27.7 Å². The van der Waals surface area contributed by atoms with Crippen molar-refractivity contribution >= 4 is 51.6 Å². The van der Waals surface area contributed by atoms with Gasteiger partial charge in [0.15, 0.2) is 5.65 Å². The zero-order valence-corrected chi connectivity index (χ0v) is 28.1. The molecule has 0 radical (unpaired) electrons. The Hall–Kier alpha value is -3.81. The summed E-state index contributed by atoms with van der Waals surface area (Å²) in [6.45, 7) is 8.91. The summed E-state index contributed by atoms with van der Waals surface area (Å²) in [5, 5.41) is 7.72. The van der Waals surface area contributed by atoms with E-state index in [0.29, 0.717) is 68.6 Å². The van der Waals surface area contributed by atoms with Gasteiger partial charge >= 0.3 is 6.18 Å². The summed E-state index contributed by atoms with van der Waals surface area (Å²) in [6.07, 6.45) is 0.519. The minimum Gasteiger partial charge on any atom is -0.379 e. The molecule has 2 fully saturated rings. The minimum absolute atomic E-state index is 0.0636. The van der Waals surface area contributed by atoms with Crippen molar-refractivity contribution in [3.05, 3.63) is 57.1 Å². The molecule has 2 aliphatic heterocycles. The van der Waals surface area contributed by atoms with Gasteiger partial charge in [0, 0.05) is 58.2 Å². The van der Waals surface area contributed by atoms with Crippen LogP contribution in [-0.4, -0.2) is 124 Å². The lowest BCUT2D eigenvalue weighted by Crippen LogP contribution is -2.43. The van der Waals surface area contributed by atoms with E-state index in [4.69, 9.17) is 21.1 Å². The van der Waals surface area contributed by atoms with Crippen LogP contribution >= 0.6 is 22.9 Å². The number of morpholine rings is 2. The predicted molar refractivity (Wildman–Crippen MR) is 174 cm³/mol. The van der Waals surface area contributed by atoms with Crippen molar-refractivity contribution in [1.82, 2.24) is 44.8 Å². The quantitative estimate of drug-likeness (QED) is 0.244. The van der Waals surface area contributed by atoms with Crippen LogP contribution in [0.5, 0.6) is 0 Å². The van der Waals surface area contributed by atoms with Crippen molar-refractivity contribution in [2.24, 2.45) is 0 Å². The largest absolute Gasteiger partial charge is 0.418 e. The molecule has 19 heteroatoms. The lowest BCUT2D eigenvalue weighted by Gasteiger charge is -2.29. The summed E-state index contributed by atoms with van der Waals surface area (Å²) in [6, 6.07) is 0.144. The van der Waals surface area contributed by atoms with Crippen LogP contribution in [0.3, 0.4) is 0 Å². The van der Waals surface area contributed by atoms with Gasteiger partial charge in [-0.25, -0.2) is 19.9 Å². The number of carbonyl (C=O) groups excluding carboxylic acids is 2. The van der Waals surface area contributed by atoms with E-state index in [1.54, 1.807) is 17.8 Å². The molecule has 14 nitrogen and oxygen atoms in total. The Morgan fingerprint density at radius 1 is 1.00 bits per heavy atom. The number of nitrogens with one attached hydrogen (secondary N) is 1. The molecule has 0 spiro atoms. The average Bonchev–Trinajstić information content (AvgIpc) is 3.76. The first-order valence-corrected chi connectivity index (χ1v) is 16.9. The summed E-state index contributed by atoms with van der Waals surface area (Å²) < 4.78 is 53.6. The maximum Gasteiger partial charge on any atom is 0.418 e. The number of rotatable bonds is 11. The van der Waals surface area contributed by atoms with Crippen molar-refractivity contribution < 1.29 is 32.2 Å². The highest BCUT2D eigenvalue weighted by Gasteiger charge is 2.35. The van der Waals surface area contributed by atoms with Gasteiger partial charge in [-0.15, -0.1) is 11.3 Å². The molecule has 1 atom stereocenters. The third-order valence-corrected chi connectivity index (χ3v) is 9.66. The average molecular weight is 723 g/mol. The molecule has 6 rings (SSSR count). The Morgan fingerprint density at radius 2 is 1.69 bits per heavy atom. The molecule has 49 heavy (non-hydrogen) atoms. The molecular weight excluding hydrogens is 689 g/mol. The van der Waals surface area contributed by atoms with Gasteiger partial charge in [-0.2, -0.15) is 18.3 Å². The number of thiazole rings is 1. The Bertz CT molecular complexity index is 1780. The fourth-order valence-corrected chi connectivity index (χ4v) is 6.55. The van der Waals surface area contributed by atoms with Crippen LogP contribution in [0.4, 0.5) is 19.0 Å². The first-order chi connectivity index (χ1) is 23.6. The van der Waals surface area contributed by atoms with Gasteiger partial charge in [0.2, 0.25) is 0 Å². The van der Waals surface area contributed by atoms with Gasteiger partial charge in [-0.3, -0.25) is 29.0 Å². The van der Waals surface area contributed by atoms with Crippen LogP contribution in [0.1, 0.15) is 43.7 Å². The summed E-state index contributed by atoms with van der Waals surface area (Å²) in [7, 11) is 0. The first-order valence-electron chi connectivity index (χ1n) is 15.7. The lowest BCUT2D eigenvalue weighted by molar-refractivity contribution is -0.137. The number of fused-ring (bicyclic) bond motifs is 1. The maximum atomic E-state index is 13.8. The summed E-state index contributed by atoms with van der Waals surface area (Å²) >= 11 is 6.83. The monoisotopic (exact) mass is 722 g/mol. The second-order valence-electron chi connectivity index (χ2n) is 11.5. The molecule has 2 aliphatic rings. The highest BCUT2D eigenvalue weighted by molar-refractivity contribution is 7.13. The first kappa shape index (κ1) is 35.0. The number of nitrogens with zero attached hydrogens (tertiary/aromatic N) is 9. The van der Waals surface area contributed by atoms with Crippen LogP contribution < -0.4 is 10.2 Å². The number of aromatic nitrogens is 6. The molecule has 0 saturated carbocycles. The zero-order chi connectivity index (χ0) is 34.5. The summed E-state index contributed by atoms with van der Waals surface area (Å²) in [5.41, 5.74) is -0.560. The molecule has 4 aromatic heterocycles. The number of hydrogen-bond acceptors (Lipinski definition) is 12. The van der Waals surface area contributed by atoms with Crippen molar-refractivity contribution in [2.75, 3.05) is 77.1 Å². The molecule has 2 saturated heterocycles. The lowest BCUT2D eigenvalue weighted by atomic mass is 10.2. The standard InChI is InChI=1S/C30H34ClF3N10O4S/c1-19(39-27(45)25-20-17-43(40-26(20)38-18-37-25)4-2-41-6-10-47-11-7-41)28-36-16-23(49-28)29(46)44(5-3-42-8-12-48-13-9-42)24-14-21(30(32,33)34)22(31)15-35-24/h14-19H,2-13H2,1H3,(H,39,45). The second-order valence-corrected chi connectivity index (χ2v) is 13.0. The number of ether oxygens (including phenoxy) is 2. The van der Waals surface area contributed by atoms with Crippen molar-refractivity contribution in [1.29, 1.82) is 0 Å². The minimum atomic E-state index is -4.74. The topological polar surface area (TPSA) is 144 Å². The molecular formula is C30H34ClF3N10O4S. The Labute approximate surface area is 288 Å². The van der Waals surface area contributed by atoms with Gasteiger partial charge in [0.25, 0.3) is 11.8 Å². The van der Waals surface area contributed by atoms with E-state index in [0.717, 1.165) is 43.2 Å². The Balaban J connectivity index is 1.16. The van der Waals surface area contributed by atoms with E-state index in [1.807, 2.05) is 0 Å².